The van der Waals surface area contributed by atoms with E-state index >= 15 is 0 Å². The summed E-state index contributed by atoms with van der Waals surface area (Å²) in [6.07, 6.45) is 171. The maximum absolute atomic E-state index is 4.02. The first-order valence-corrected chi connectivity index (χ1v) is 59.7. The van der Waals surface area contributed by atoms with Crippen LogP contribution in [0.3, 0.4) is 0 Å². The maximum Gasteiger partial charge on any atom is -0.0133 e. The van der Waals surface area contributed by atoms with Gasteiger partial charge in [0.25, 0.3) is 0 Å². The second-order valence-corrected chi connectivity index (χ2v) is 51.8. The van der Waals surface area contributed by atoms with Crippen LogP contribution >= 0.6 is 0 Å². The van der Waals surface area contributed by atoms with Gasteiger partial charge in [-0.15, -0.1) is 6.58 Å². The summed E-state index contributed by atoms with van der Waals surface area (Å²) in [5.74, 6) is 50.6. The monoisotopic (exact) mass is 1830 g/mol. The largest absolute Gasteiger partial charge is 0.103 e. The Labute approximate surface area is 838 Å². The molecule has 0 N–H and O–H groups in total. The van der Waals surface area contributed by atoms with Crippen LogP contribution in [0.2, 0.25) is 0 Å². The van der Waals surface area contributed by atoms with E-state index in [9.17, 15) is 0 Å². The minimum Gasteiger partial charge on any atom is -0.103 e. The molecule has 0 spiro atoms. The summed E-state index contributed by atoms with van der Waals surface area (Å²) in [6.45, 7) is 4.02. The van der Waals surface area contributed by atoms with E-state index in [-0.39, 0.29) is 0 Å². The lowest BCUT2D eigenvalue weighted by molar-refractivity contribution is 0.0811. The highest BCUT2D eigenvalue weighted by atomic mass is 14.7. The third kappa shape index (κ3) is 17.8. The quantitative estimate of drug-likeness (QED) is 0.181. The molecule has 0 nitrogen and oxygen atoms in total. The minimum absolute atomic E-state index is 0.869. The fraction of sp³-hybridized carbons (Fsp3) is 0.623. The number of rotatable bonds is 1. The summed E-state index contributed by atoms with van der Waals surface area (Å²) in [5.41, 5.74) is 0. The smallest absolute Gasteiger partial charge is 0.0133 e. The zero-order chi connectivity index (χ0) is 91.5. The lowest BCUT2D eigenvalue weighted by atomic mass is 9.62. The van der Waals surface area contributed by atoms with Crippen molar-refractivity contribution in [3.05, 3.63) is 316 Å². The molecule has 138 heavy (non-hydrogen) atoms. The molecular formula is C138H176. The molecule has 17 saturated carbocycles. The third-order valence-electron chi connectivity index (χ3n) is 46.2. The molecule has 37 aliphatic rings. The van der Waals surface area contributed by atoms with Gasteiger partial charge >= 0.3 is 0 Å². The first-order chi connectivity index (χ1) is 68.5. The number of allylic oxidation sites excluding steroid dienone is 51. The van der Waals surface area contributed by atoms with E-state index in [0.717, 1.165) is 322 Å². The predicted molar refractivity (Wildman–Crippen MR) is 581 cm³/mol. The fourth-order valence-electron chi connectivity index (χ4n) is 41.5. The minimum atomic E-state index is 0.869. The molecule has 17 fully saturated rings. The summed E-state index contributed by atoms with van der Waals surface area (Å²) in [6, 6.07) is 0. The Bertz CT molecular complexity index is 4800. The van der Waals surface area contributed by atoms with Crippen molar-refractivity contribution < 1.29 is 0 Å². The average Bonchev–Trinajstić information content (AvgIpc) is 1.54. The molecule has 45 atom stereocenters. The molecule has 0 radical (unpaired) electrons. The molecule has 0 aromatic heterocycles. The first-order valence-electron chi connectivity index (χ1n) is 59.7. The van der Waals surface area contributed by atoms with Gasteiger partial charge in [0, 0.05) is 0 Å². The van der Waals surface area contributed by atoms with Crippen molar-refractivity contribution in [2.75, 3.05) is 0 Å². The van der Waals surface area contributed by atoms with Gasteiger partial charge in [-0.25, -0.2) is 0 Å². The van der Waals surface area contributed by atoms with Crippen molar-refractivity contribution in [2.45, 2.75) is 238 Å². The molecule has 728 valence electrons. The summed E-state index contributed by atoms with van der Waals surface area (Å²) in [5, 5.41) is 0. The van der Waals surface area contributed by atoms with Crippen LogP contribution in [-0.4, -0.2) is 0 Å². The molecule has 0 heteroatoms. The van der Waals surface area contributed by atoms with Crippen molar-refractivity contribution >= 4 is 0 Å². The highest BCUT2D eigenvalue weighted by Gasteiger charge is 2.71. The summed E-state index contributed by atoms with van der Waals surface area (Å²) >= 11 is 0. The van der Waals surface area contributed by atoms with E-state index in [1.807, 2.05) is 0 Å². The van der Waals surface area contributed by atoms with Crippen LogP contribution in [0.15, 0.2) is 316 Å². The zero-order valence-electron chi connectivity index (χ0n) is 84.6. The average molecular weight is 1830 g/mol. The lowest BCUT2D eigenvalue weighted by Gasteiger charge is -2.42. The molecule has 0 aromatic carbocycles. The number of fused-ring (bicyclic) bond motifs is 69. The predicted octanol–water partition coefficient (Wildman–Crippen LogP) is 35.0. The van der Waals surface area contributed by atoms with Crippen LogP contribution in [0.5, 0.6) is 0 Å². The summed E-state index contributed by atoms with van der Waals surface area (Å²) in [7, 11) is 0. The second kappa shape index (κ2) is 41.8. The van der Waals surface area contributed by atoms with E-state index in [2.05, 4.69) is 316 Å². The van der Waals surface area contributed by atoms with Crippen LogP contribution in [0.4, 0.5) is 0 Å². The van der Waals surface area contributed by atoms with Crippen molar-refractivity contribution in [1.82, 2.24) is 0 Å². The van der Waals surface area contributed by atoms with E-state index in [1.54, 1.807) is 19.3 Å². The fourth-order valence-corrected chi connectivity index (χ4v) is 41.5. The molecular weight excluding hydrogens is 1660 g/mol. The van der Waals surface area contributed by atoms with Gasteiger partial charge in [-0.2, -0.15) is 0 Å². The second-order valence-electron chi connectivity index (χ2n) is 51.8. The van der Waals surface area contributed by atoms with Crippen LogP contribution in [-0.2, 0) is 0 Å². The third-order valence-corrected chi connectivity index (χ3v) is 46.2. The van der Waals surface area contributed by atoms with Gasteiger partial charge < -0.3 is 0 Å². The van der Waals surface area contributed by atoms with Crippen molar-refractivity contribution in [3.63, 3.8) is 0 Å². The highest BCUT2D eigenvalue weighted by Crippen LogP contribution is 2.77. The van der Waals surface area contributed by atoms with E-state index in [1.165, 1.54) is 186 Å². The molecule has 0 aliphatic heterocycles. The van der Waals surface area contributed by atoms with Gasteiger partial charge in [0.15, 0.2) is 0 Å². The first kappa shape index (κ1) is 92.4. The Morgan fingerprint density at radius 1 is 0.152 bits per heavy atom. The van der Waals surface area contributed by atoms with Gasteiger partial charge in [0.05, 0.1) is 0 Å². The zero-order valence-corrected chi connectivity index (χ0v) is 84.6. The number of hydrogen-bond acceptors (Lipinski definition) is 0. The topological polar surface area (TPSA) is 0 Å². The summed E-state index contributed by atoms with van der Waals surface area (Å²) in [4.78, 5) is 0. The molecule has 37 aliphatic carbocycles. The SMILES string of the molecule is C1=CC2C(C1)C1CC2C2C3C=CC(C3)C12.C1=CC2C3C=CC(C3)C2C1.C1=CC2CC1C1C3C=CC(C3)C21.C1=CC2CC1C1C3CC(C21)C1C2C=CC(C2)C31.C1=CCC/C=C\CC1.C1=CCC2C(C1)C1CC2C2C3C=CC(C3)C12.C1=CCC2C3C=CC(C3)C2C1.C1=CCC2CC=CC2C1.C1=CCC=C1.C1=CCC=CC1.C1=CCCC/C=C\C1.C1=CCCC=CC1.C=CC1CC2CC1C1C3C=CC(C3)C21. The Morgan fingerprint density at radius 3 is 0.891 bits per heavy atom. The van der Waals surface area contributed by atoms with Crippen LogP contribution in [0.25, 0.3) is 0 Å². The van der Waals surface area contributed by atoms with Gasteiger partial charge in [0.1, 0.15) is 0 Å². The van der Waals surface area contributed by atoms with Crippen LogP contribution in [0.1, 0.15) is 238 Å². The van der Waals surface area contributed by atoms with Gasteiger partial charge in [-0.05, 0) is 528 Å². The standard InChI is InChI=1S/C17H20.C16H20.C15H18.C14H18.C12H14.C11H14.C10H12.C9H12.2C8H12.C7H10.C6H8.C5H6/c1-2-9-5-8(1)14-12-7-13(15(9)14)17-11-4-3-10(6-11)16(12)17;1-2-4-12-11(3-1)13-8-14(12)16-10-6-5-9(7-10)15(13)16;1-2-10-11(3-1)13-7-12(10)14-8-4-5-9(6-8)15(13)14;1-2-8-5-11-7-12(8)14-10-4-3-9(6-10)13(11)14;1-2-8-5-7(1)11-9-3-4-10(6-9)12(8)11;1-2-4-11-9-6-5-8(7-9)10(11)3-1;1-2-9-7-4-5-8(6-7)10(9)3-1;1-2-5-9-7-3-6-8(9)4-1;2*1-2-4-6-8-7-5-3-1;1-2-4-6-7-5-3-1;1-2-4-6-5-3-1;1-2-4-5-3-1/h1-4,8-17H,5-7H2;1-2,5-6,9-16H,3-4,7-8H2;1-2,4-5,8-15H,3,6-7H2;2-4,8-14H,1,5-7H2;1-4,7-12H,5-6H2;1-2,5-6,8-11H,3-4,7H2;1-2,4-5,7-10H,3,6H2;1-3,6,8-9H,4-5,7H2;1-2,7-8H,3-6H2;1-2,5,7H,3-4,6,8H2;1-2,5,7H,3-4,6H2;1-2,5-6H,3-4H2;1-4H,5H2/b;;;;;;;;2-1-,8-7?;2-1-,7-5?;;;. The molecule has 0 amide bonds. The van der Waals surface area contributed by atoms with Crippen LogP contribution in [0, 0.1) is 290 Å². The van der Waals surface area contributed by atoms with Crippen molar-refractivity contribution in [1.29, 1.82) is 0 Å². The molecule has 26 bridgehead atoms. The van der Waals surface area contributed by atoms with Gasteiger partial charge in [0.2, 0.25) is 0 Å². The van der Waals surface area contributed by atoms with Crippen LogP contribution < -0.4 is 0 Å². The van der Waals surface area contributed by atoms with E-state index in [4.69, 9.17) is 0 Å². The molecule has 45 unspecified atom stereocenters. The van der Waals surface area contributed by atoms with Gasteiger partial charge in [-0.3, -0.25) is 0 Å². The van der Waals surface area contributed by atoms with Crippen molar-refractivity contribution in [2.24, 2.45) is 290 Å². The lowest BCUT2D eigenvalue weighted by Crippen LogP contribution is -2.38. The van der Waals surface area contributed by atoms with E-state index in [0.29, 0.717) is 0 Å². The molecule has 0 saturated heterocycles. The Hall–Kier alpha value is -6.76. The van der Waals surface area contributed by atoms with Gasteiger partial charge in [-0.1, -0.05) is 310 Å². The number of hydrogen-bond donors (Lipinski definition) is 0. The Kier molecular flexibility index (Phi) is 28.0. The molecule has 37 rings (SSSR count). The maximum atomic E-state index is 4.02. The normalized spacial score (nSPS) is 51.1. The Morgan fingerprint density at radius 2 is 0.449 bits per heavy atom. The highest BCUT2D eigenvalue weighted by molar-refractivity contribution is 5.33. The Balaban J connectivity index is 0.0000000803. The molecule has 0 heterocycles. The summed E-state index contributed by atoms with van der Waals surface area (Å²) < 4.78 is 0. The van der Waals surface area contributed by atoms with E-state index < -0.39 is 0 Å². The molecule has 0 aromatic rings. The van der Waals surface area contributed by atoms with Crippen molar-refractivity contribution in [3.8, 4) is 0 Å².